The van der Waals surface area contributed by atoms with Crippen molar-refractivity contribution >= 4 is 16.8 Å². The first-order valence-corrected chi connectivity index (χ1v) is 10.9. The summed E-state index contributed by atoms with van der Waals surface area (Å²) in [6.45, 7) is 7.41. The molecule has 166 valence electrons. The highest BCUT2D eigenvalue weighted by Gasteiger charge is 2.19. The Hall–Kier alpha value is -3.34. The van der Waals surface area contributed by atoms with Crippen LogP contribution in [-0.4, -0.2) is 61.9 Å². The first kappa shape index (κ1) is 21.9. The molecule has 1 aromatic heterocycles. The Morgan fingerprint density at radius 3 is 2.75 bits per heavy atom. The standard InChI is InChI=1S/C25H28N4O3/c1-3-29-23-16-20(31-2)7-8-21(23)22(17-26)24(29)18-5-4-6-19(15-18)25(30)27-9-10-28-11-13-32-14-12-28/h4-8,15-16H,3,9-14H2,1-2H3,(H,27,30). The van der Waals surface area contributed by atoms with Gasteiger partial charge in [0, 0.05) is 55.3 Å². The maximum atomic E-state index is 12.8. The molecular formula is C25H28N4O3. The number of carbonyl (C=O) groups excluding carboxylic acids is 1. The average Bonchev–Trinajstić information content (AvgIpc) is 3.17. The number of morpholine rings is 1. The Bertz CT molecular complexity index is 1160. The van der Waals surface area contributed by atoms with Crippen LogP contribution >= 0.6 is 0 Å². The second-order valence-corrected chi connectivity index (χ2v) is 7.75. The first-order chi connectivity index (χ1) is 15.7. The molecule has 1 N–H and O–H groups in total. The molecule has 7 nitrogen and oxygen atoms in total. The summed E-state index contributed by atoms with van der Waals surface area (Å²) in [5.74, 6) is 0.633. The number of hydrogen-bond donors (Lipinski definition) is 1. The van der Waals surface area contributed by atoms with Gasteiger partial charge in [-0.1, -0.05) is 12.1 Å². The lowest BCUT2D eigenvalue weighted by Gasteiger charge is -2.26. The van der Waals surface area contributed by atoms with Gasteiger partial charge in [0.15, 0.2) is 0 Å². The summed E-state index contributed by atoms with van der Waals surface area (Å²) in [5, 5.41) is 13.8. The van der Waals surface area contributed by atoms with Crippen molar-refractivity contribution < 1.29 is 14.3 Å². The van der Waals surface area contributed by atoms with Crippen LogP contribution in [-0.2, 0) is 11.3 Å². The molecule has 0 atom stereocenters. The summed E-state index contributed by atoms with van der Waals surface area (Å²) in [7, 11) is 1.63. The van der Waals surface area contributed by atoms with Gasteiger partial charge in [0.1, 0.15) is 11.8 Å². The van der Waals surface area contributed by atoms with Crippen LogP contribution in [0, 0.1) is 11.3 Å². The Labute approximate surface area is 188 Å². The van der Waals surface area contributed by atoms with Crippen LogP contribution in [0.1, 0.15) is 22.8 Å². The van der Waals surface area contributed by atoms with Crippen molar-refractivity contribution in [3.63, 3.8) is 0 Å². The average molecular weight is 433 g/mol. The van der Waals surface area contributed by atoms with E-state index in [4.69, 9.17) is 9.47 Å². The van der Waals surface area contributed by atoms with Gasteiger partial charge in [-0.25, -0.2) is 0 Å². The Morgan fingerprint density at radius 1 is 1.22 bits per heavy atom. The van der Waals surface area contributed by atoms with Crippen molar-refractivity contribution in [3.05, 3.63) is 53.6 Å². The smallest absolute Gasteiger partial charge is 0.251 e. The first-order valence-electron chi connectivity index (χ1n) is 10.9. The number of methoxy groups -OCH3 is 1. The van der Waals surface area contributed by atoms with E-state index in [0.29, 0.717) is 24.2 Å². The lowest BCUT2D eigenvalue weighted by Crippen LogP contribution is -2.41. The predicted molar refractivity (Wildman–Crippen MR) is 124 cm³/mol. The highest BCUT2D eigenvalue weighted by Crippen LogP contribution is 2.35. The highest BCUT2D eigenvalue weighted by molar-refractivity contribution is 5.98. The number of carbonyl (C=O) groups is 1. The van der Waals surface area contributed by atoms with E-state index in [1.165, 1.54) is 0 Å². The number of aryl methyl sites for hydroxylation is 1. The van der Waals surface area contributed by atoms with Crippen molar-refractivity contribution in [3.8, 4) is 23.1 Å². The maximum absolute atomic E-state index is 12.8. The zero-order valence-corrected chi connectivity index (χ0v) is 18.6. The molecule has 1 aliphatic rings. The third kappa shape index (κ3) is 4.33. The van der Waals surface area contributed by atoms with E-state index in [0.717, 1.165) is 60.8 Å². The van der Waals surface area contributed by atoms with E-state index in [-0.39, 0.29) is 5.91 Å². The number of nitrogens with one attached hydrogen (secondary N) is 1. The summed E-state index contributed by atoms with van der Waals surface area (Å²) < 4.78 is 12.8. The molecule has 0 spiro atoms. The third-order valence-electron chi connectivity index (χ3n) is 5.92. The monoisotopic (exact) mass is 432 g/mol. The molecule has 0 radical (unpaired) electrons. The number of rotatable bonds is 7. The van der Waals surface area contributed by atoms with E-state index >= 15 is 0 Å². The van der Waals surface area contributed by atoms with Crippen LogP contribution in [0.3, 0.4) is 0 Å². The minimum absolute atomic E-state index is 0.112. The van der Waals surface area contributed by atoms with Gasteiger partial charge in [-0.15, -0.1) is 0 Å². The number of amides is 1. The molecular weight excluding hydrogens is 404 g/mol. The summed E-state index contributed by atoms with van der Waals surface area (Å²) in [5.41, 5.74) is 3.80. The largest absolute Gasteiger partial charge is 0.497 e. The van der Waals surface area contributed by atoms with Crippen molar-refractivity contribution in [1.82, 2.24) is 14.8 Å². The van der Waals surface area contributed by atoms with E-state index in [2.05, 4.69) is 20.9 Å². The number of nitrogens with zero attached hydrogens (tertiary/aromatic N) is 3. The number of aromatic nitrogens is 1. The van der Waals surface area contributed by atoms with Gasteiger partial charge in [-0.3, -0.25) is 9.69 Å². The van der Waals surface area contributed by atoms with E-state index in [1.54, 1.807) is 7.11 Å². The molecule has 0 bridgehead atoms. The Balaban J connectivity index is 1.61. The van der Waals surface area contributed by atoms with E-state index in [1.807, 2.05) is 49.4 Å². The Kier molecular flexibility index (Phi) is 6.74. The number of nitriles is 1. The lowest BCUT2D eigenvalue weighted by atomic mass is 10.0. The van der Waals surface area contributed by atoms with Gasteiger partial charge < -0.3 is 19.4 Å². The van der Waals surface area contributed by atoms with Gasteiger partial charge in [-0.2, -0.15) is 5.26 Å². The van der Waals surface area contributed by atoms with Gasteiger partial charge in [0.25, 0.3) is 5.91 Å². The zero-order valence-electron chi connectivity index (χ0n) is 18.6. The van der Waals surface area contributed by atoms with Crippen LogP contribution in [0.15, 0.2) is 42.5 Å². The summed E-state index contributed by atoms with van der Waals surface area (Å²) in [4.78, 5) is 15.1. The molecule has 7 heteroatoms. The fourth-order valence-corrected chi connectivity index (χ4v) is 4.26. The number of benzene rings is 2. The van der Waals surface area contributed by atoms with Crippen LogP contribution in [0.25, 0.3) is 22.2 Å². The molecule has 1 saturated heterocycles. The fourth-order valence-electron chi connectivity index (χ4n) is 4.26. The minimum atomic E-state index is -0.112. The molecule has 2 heterocycles. The van der Waals surface area contributed by atoms with Crippen molar-refractivity contribution in [2.75, 3.05) is 46.5 Å². The molecule has 32 heavy (non-hydrogen) atoms. The topological polar surface area (TPSA) is 79.5 Å². The van der Waals surface area contributed by atoms with Crippen molar-refractivity contribution in [2.24, 2.45) is 0 Å². The maximum Gasteiger partial charge on any atom is 0.251 e. The lowest BCUT2D eigenvalue weighted by molar-refractivity contribution is 0.0383. The van der Waals surface area contributed by atoms with Crippen LogP contribution < -0.4 is 10.1 Å². The summed E-state index contributed by atoms with van der Waals surface area (Å²) >= 11 is 0. The second kappa shape index (κ2) is 9.86. The van der Waals surface area contributed by atoms with Gasteiger partial charge in [0.05, 0.1) is 37.1 Å². The molecule has 4 rings (SSSR count). The fraction of sp³-hybridized carbons (Fsp3) is 0.360. The van der Waals surface area contributed by atoms with E-state index < -0.39 is 0 Å². The van der Waals surface area contributed by atoms with Crippen LogP contribution in [0.5, 0.6) is 5.75 Å². The molecule has 0 aliphatic carbocycles. The molecule has 0 saturated carbocycles. The number of ether oxygens (including phenoxy) is 2. The quantitative estimate of drug-likeness (QED) is 0.620. The highest BCUT2D eigenvalue weighted by atomic mass is 16.5. The third-order valence-corrected chi connectivity index (χ3v) is 5.92. The van der Waals surface area contributed by atoms with Crippen LogP contribution in [0.2, 0.25) is 0 Å². The van der Waals surface area contributed by atoms with Gasteiger partial charge >= 0.3 is 0 Å². The molecule has 0 unspecified atom stereocenters. The number of fused-ring (bicyclic) bond motifs is 1. The molecule has 3 aromatic rings. The summed E-state index contributed by atoms with van der Waals surface area (Å²) in [6, 6.07) is 15.6. The molecule has 1 fully saturated rings. The normalized spacial score (nSPS) is 14.3. The molecule has 1 aliphatic heterocycles. The van der Waals surface area contributed by atoms with Crippen molar-refractivity contribution in [1.29, 1.82) is 5.26 Å². The Morgan fingerprint density at radius 2 is 2.03 bits per heavy atom. The zero-order chi connectivity index (χ0) is 22.5. The van der Waals surface area contributed by atoms with Gasteiger partial charge in [-0.05, 0) is 31.2 Å². The van der Waals surface area contributed by atoms with Crippen LogP contribution in [0.4, 0.5) is 0 Å². The van der Waals surface area contributed by atoms with Gasteiger partial charge in [0.2, 0.25) is 0 Å². The van der Waals surface area contributed by atoms with E-state index in [9.17, 15) is 10.1 Å². The predicted octanol–water partition coefficient (Wildman–Crippen LogP) is 3.27. The van der Waals surface area contributed by atoms with Crippen molar-refractivity contribution in [2.45, 2.75) is 13.5 Å². The molecule has 2 aromatic carbocycles. The summed E-state index contributed by atoms with van der Waals surface area (Å²) in [6.07, 6.45) is 0. The molecule has 1 amide bonds. The number of hydrogen-bond acceptors (Lipinski definition) is 5. The SMILES string of the molecule is CCn1c(-c2cccc(C(=O)NCCN3CCOCC3)c2)c(C#N)c2ccc(OC)cc21. The minimum Gasteiger partial charge on any atom is -0.497 e. The second-order valence-electron chi connectivity index (χ2n) is 7.75.